The van der Waals surface area contributed by atoms with Gasteiger partial charge in [0, 0.05) is 18.4 Å². The van der Waals surface area contributed by atoms with Gasteiger partial charge in [-0.25, -0.2) is 4.79 Å². The van der Waals surface area contributed by atoms with Crippen LogP contribution in [-0.4, -0.2) is 31.7 Å². The first-order valence-corrected chi connectivity index (χ1v) is 6.45. The number of carbonyl (C=O) groups is 2. The Kier molecular flexibility index (Phi) is 4.02. The number of nitrogens with zero attached hydrogens (tertiary/aromatic N) is 3. The van der Waals surface area contributed by atoms with E-state index in [0.717, 1.165) is 0 Å². The standard InChI is InChI=1S/C14H16N4O3/c1-8(2)18-5-4-11(17-18)13(19)16-12-6-10(14(20)21)7-15-9(12)3/h4-8H,1-3H3,(H,16,19)(H,20,21). The Morgan fingerprint density at radius 2 is 2.10 bits per heavy atom. The quantitative estimate of drug-likeness (QED) is 0.898. The van der Waals surface area contributed by atoms with Gasteiger partial charge in [-0.05, 0) is 32.9 Å². The summed E-state index contributed by atoms with van der Waals surface area (Å²) in [6.45, 7) is 5.60. The number of aromatic nitrogens is 3. The highest BCUT2D eigenvalue weighted by Gasteiger charge is 2.14. The van der Waals surface area contributed by atoms with Crippen LogP contribution in [0.5, 0.6) is 0 Å². The van der Waals surface area contributed by atoms with Crippen LogP contribution in [0.4, 0.5) is 5.69 Å². The topological polar surface area (TPSA) is 97.1 Å². The summed E-state index contributed by atoms with van der Waals surface area (Å²) >= 11 is 0. The van der Waals surface area contributed by atoms with Crippen LogP contribution in [0.25, 0.3) is 0 Å². The van der Waals surface area contributed by atoms with E-state index in [9.17, 15) is 9.59 Å². The molecule has 2 heterocycles. The first-order valence-electron chi connectivity index (χ1n) is 6.45. The minimum Gasteiger partial charge on any atom is -0.478 e. The molecule has 21 heavy (non-hydrogen) atoms. The van der Waals surface area contributed by atoms with Gasteiger partial charge in [-0.15, -0.1) is 0 Å². The normalized spacial score (nSPS) is 10.7. The molecule has 0 saturated heterocycles. The summed E-state index contributed by atoms with van der Waals surface area (Å²) in [6, 6.07) is 3.14. The molecule has 2 N–H and O–H groups in total. The summed E-state index contributed by atoms with van der Waals surface area (Å²) in [5.41, 5.74) is 1.18. The molecule has 7 heteroatoms. The number of carbonyl (C=O) groups excluding carboxylic acids is 1. The lowest BCUT2D eigenvalue weighted by molar-refractivity contribution is 0.0696. The van der Waals surface area contributed by atoms with Gasteiger partial charge in [0.2, 0.25) is 0 Å². The van der Waals surface area contributed by atoms with E-state index >= 15 is 0 Å². The SMILES string of the molecule is Cc1ncc(C(=O)O)cc1NC(=O)c1ccn(C(C)C)n1. The van der Waals surface area contributed by atoms with Crippen LogP contribution in [-0.2, 0) is 0 Å². The lowest BCUT2D eigenvalue weighted by Gasteiger charge is -2.07. The second kappa shape index (κ2) is 5.74. The maximum absolute atomic E-state index is 12.1. The highest BCUT2D eigenvalue weighted by Crippen LogP contribution is 2.15. The first-order chi connectivity index (χ1) is 9.88. The van der Waals surface area contributed by atoms with Crippen LogP contribution in [0.15, 0.2) is 24.5 Å². The fraction of sp³-hybridized carbons (Fsp3) is 0.286. The van der Waals surface area contributed by atoms with Crippen molar-refractivity contribution in [3.05, 3.63) is 41.5 Å². The number of anilines is 1. The molecule has 2 rings (SSSR count). The van der Waals surface area contributed by atoms with E-state index in [1.807, 2.05) is 13.8 Å². The van der Waals surface area contributed by atoms with Gasteiger partial charge in [-0.3, -0.25) is 14.5 Å². The Morgan fingerprint density at radius 3 is 2.67 bits per heavy atom. The van der Waals surface area contributed by atoms with Gasteiger partial charge in [-0.1, -0.05) is 0 Å². The fourth-order valence-corrected chi connectivity index (χ4v) is 1.71. The minimum absolute atomic E-state index is 0.0172. The lowest BCUT2D eigenvalue weighted by atomic mass is 10.2. The second-order valence-electron chi connectivity index (χ2n) is 4.89. The van der Waals surface area contributed by atoms with Gasteiger partial charge < -0.3 is 10.4 Å². The Balaban J connectivity index is 2.22. The van der Waals surface area contributed by atoms with Gasteiger partial charge >= 0.3 is 5.97 Å². The predicted octanol–water partition coefficient (Wildman–Crippen LogP) is 2.12. The molecule has 0 fully saturated rings. The molecule has 7 nitrogen and oxygen atoms in total. The second-order valence-corrected chi connectivity index (χ2v) is 4.89. The number of carboxylic acids is 1. The molecule has 0 radical (unpaired) electrons. The third-order valence-electron chi connectivity index (χ3n) is 2.95. The zero-order valence-electron chi connectivity index (χ0n) is 12.0. The van der Waals surface area contributed by atoms with E-state index in [1.165, 1.54) is 12.3 Å². The summed E-state index contributed by atoms with van der Waals surface area (Å²) < 4.78 is 1.67. The van der Waals surface area contributed by atoms with Crippen LogP contribution in [0.3, 0.4) is 0 Å². The van der Waals surface area contributed by atoms with Crippen LogP contribution in [0, 0.1) is 6.92 Å². The van der Waals surface area contributed by atoms with E-state index in [4.69, 9.17) is 5.11 Å². The number of aryl methyl sites for hydroxylation is 1. The number of nitrogens with one attached hydrogen (secondary N) is 1. The van der Waals surface area contributed by atoms with Crippen molar-refractivity contribution in [2.75, 3.05) is 5.32 Å². The van der Waals surface area contributed by atoms with Gasteiger partial charge in [0.1, 0.15) is 0 Å². The summed E-state index contributed by atoms with van der Waals surface area (Å²) in [5, 5.41) is 15.7. The minimum atomic E-state index is -1.10. The molecule has 0 unspecified atom stereocenters. The summed E-state index contributed by atoms with van der Waals surface area (Å²) in [5.74, 6) is -1.50. The third-order valence-corrected chi connectivity index (χ3v) is 2.95. The number of amides is 1. The average molecular weight is 288 g/mol. The number of pyridine rings is 1. The van der Waals surface area contributed by atoms with Crippen LogP contribution < -0.4 is 5.32 Å². The number of rotatable bonds is 4. The molecule has 0 aliphatic heterocycles. The van der Waals surface area contributed by atoms with Crippen LogP contribution in [0.2, 0.25) is 0 Å². The molecule has 0 spiro atoms. The molecule has 0 aliphatic carbocycles. The number of aromatic carboxylic acids is 1. The molecule has 0 bridgehead atoms. The van der Waals surface area contributed by atoms with Crippen LogP contribution in [0.1, 0.15) is 46.4 Å². The van der Waals surface area contributed by atoms with Crippen molar-refractivity contribution in [3.63, 3.8) is 0 Å². The smallest absolute Gasteiger partial charge is 0.337 e. The lowest BCUT2D eigenvalue weighted by Crippen LogP contribution is -2.15. The number of carboxylic acid groups (broad SMARTS) is 1. The van der Waals surface area contributed by atoms with E-state index in [2.05, 4.69) is 15.4 Å². The zero-order valence-corrected chi connectivity index (χ0v) is 12.0. The van der Waals surface area contributed by atoms with Crippen molar-refractivity contribution in [2.24, 2.45) is 0 Å². The third kappa shape index (κ3) is 3.25. The maximum atomic E-state index is 12.1. The zero-order chi connectivity index (χ0) is 15.6. The number of hydrogen-bond donors (Lipinski definition) is 2. The highest BCUT2D eigenvalue weighted by atomic mass is 16.4. The molecule has 0 atom stereocenters. The van der Waals surface area contributed by atoms with Crippen molar-refractivity contribution in [1.29, 1.82) is 0 Å². The maximum Gasteiger partial charge on any atom is 0.337 e. The molecular formula is C14H16N4O3. The van der Waals surface area contributed by atoms with Crippen molar-refractivity contribution in [2.45, 2.75) is 26.8 Å². The molecule has 2 aromatic heterocycles. The fourth-order valence-electron chi connectivity index (χ4n) is 1.71. The first kappa shape index (κ1) is 14.7. The summed E-state index contributed by atoms with van der Waals surface area (Å²) in [7, 11) is 0. The van der Waals surface area contributed by atoms with E-state index in [0.29, 0.717) is 11.4 Å². The Bertz CT molecular complexity index is 691. The van der Waals surface area contributed by atoms with E-state index in [-0.39, 0.29) is 17.3 Å². The van der Waals surface area contributed by atoms with Gasteiger partial charge in [0.15, 0.2) is 5.69 Å². The van der Waals surface area contributed by atoms with Gasteiger partial charge in [-0.2, -0.15) is 5.10 Å². The monoisotopic (exact) mass is 288 g/mol. The van der Waals surface area contributed by atoms with Crippen molar-refractivity contribution in [3.8, 4) is 0 Å². The van der Waals surface area contributed by atoms with Gasteiger partial charge in [0.25, 0.3) is 5.91 Å². The Hall–Kier alpha value is -2.70. The molecule has 2 aromatic rings. The molecule has 110 valence electrons. The summed E-state index contributed by atoms with van der Waals surface area (Å²) in [4.78, 5) is 27.0. The molecule has 1 amide bonds. The van der Waals surface area contributed by atoms with Crippen LogP contribution >= 0.6 is 0 Å². The Labute approximate surface area is 121 Å². The molecule has 0 saturated carbocycles. The molecular weight excluding hydrogens is 272 g/mol. The van der Waals surface area contributed by atoms with Crippen molar-refractivity contribution < 1.29 is 14.7 Å². The van der Waals surface area contributed by atoms with E-state index in [1.54, 1.807) is 23.9 Å². The van der Waals surface area contributed by atoms with Gasteiger partial charge in [0.05, 0.1) is 16.9 Å². The molecule has 0 aliphatic rings. The van der Waals surface area contributed by atoms with Crippen molar-refractivity contribution >= 4 is 17.6 Å². The molecule has 0 aromatic carbocycles. The largest absolute Gasteiger partial charge is 0.478 e. The summed E-state index contributed by atoms with van der Waals surface area (Å²) in [6.07, 6.45) is 2.97. The van der Waals surface area contributed by atoms with Crippen molar-refractivity contribution in [1.82, 2.24) is 14.8 Å². The van der Waals surface area contributed by atoms with E-state index < -0.39 is 11.9 Å². The highest BCUT2D eigenvalue weighted by molar-refractivity contribution is 6.03. The Morgan fingerprint density at radius 1 is 1.38 bits per heavy atom. The predicted molar refractivity (Wildman–Crippen MR) is 76.5 cm³/mol. The average Bonchev–Trinajstić information content (AvgIpc) is 2.90. The number of hydrogen-bond acceptors (Lipinski definition) is 4.